The molecular formula is C22H28N2O5S. The molecule has 0 saturated carbocycles. The Labute approximate surface area is 178 Å². The summed E-state index contributed by atoms with van der Waals surface area (Å²) in [6.45, 7) is 4.57. The number of aryl methyl sites for hydroxylation is 1. The van der Waals surface area contributed by atoms with Crippen LogP contribution in [0, 0.1) is 6.92 Å². The molecule has 1 atom stereocenters. The number of carbonyl (C=O) groups is 1. The summed E-state index contributed by atoms with van der Waals surface area (Å²) in [7, 11) is -2.28. The number of rotatable bonds is 7. The maximum absolute atomic E-state index is 13.1. The predicted molar refractivity (Wildman–Crippen MR) is 116 cm³/mol. The Morgan fingerprint density at radius 3 is 2.50 bits per heavy atom. The number of sulfonamides is 1. The van der Waals surface area contributed by atoms with Gasteiger partial charge in [0.15, 0.2) is 6.10 Å². The highest BCUT2D eigenvalue weighted by molar-refractivity contribution is 7.89. The van der Waals surface area contributed by atoms with Gasteiger partial charge in [-0.1, -0.05) is 18.6 Å². The van der Waals surface area contributed by atoms with Crippen molar-refractivity contribution in [3.8, 4) is 11.5 Å². The molecule has 1 aliphatic heterocycles. The van der Waals surface area contributed by atoms with Gasteiger partial charge in [0, 0.05) is 18.8 Å². The minimum absolute atomic E-state index is 0.0527. The van der Waals surface area contributed by atoms with Crippen LogP contribution in [-0.2, 0) is 14.8 Å². The van der Waals surface area contributed by atoms with E-state index < -0.39 is 16.1 Å². The zero-order valence-electron chi connectivity index (χ0n) is 17.6. The van der Waals surface area contributed by atoms with Crippen LogP contribution in [0.3, 0.4) is 0 Å². The van der Waals surface area contributed by atoms with E-state index in [1.54, 1.807) is 25.1 Å². The molecular weight excluding hydrogens is 404 g/mol. The number of nitrogens with zero attached hydrogens (tertiary/aromatic N) is 1. The van der Waals surface area contributed by atoms with E-state index in [4.69, 9.17) is 9.47 Å². The van der Waals surface area contributed by atoms with Crippen molar-refractivity contribution in [2.75, 3.05) is 25.5 Å². The molecule has 2 aromatic rings. The number of hydrogen-bond donors (Lipinski definition) is 1. The molecule has 1 unspecified atom stereocenters. The molecule has 2 aromatic carbocycles. The van der Waals surface area contributed by atoms with Gasteiger partial charge in [0.05, 0.1) is 7.11 Å². The van der Waals surface area contributed by atoms with E-state index in [-0.39, 0.29) is 16.6 Å². The Kier molecular flexibility index (Phi) is 6.99. The van der Waals surface area contributed by atoms with Crippen molar-refractivity contribution in [1.29, 1.82) is 0 Å². The first-order valence-corrected chi connectivity index (χ1v) is 11.5. The molecule has 1 fully saturated rings. The lowest BCUT2D eigenvalue weighted by Crippen LogP contribution is -2.36. The van der Waals surface area contributed by atoms with Crippen LogP contribution in [0.1, 0.15) is 31.7 Å². The van der Waals surface area contributed by atoms with E-state index in [9.17, 15) is 13.2 Å². The van der Waals surface area contributed by atoms with Gasteiger partial charge in [-0.05, 0) is 62.6 Å². The molecule has 1 saturated heterocycles. The average molecular weight is 433 g/mol. The van der Waals surface area contributed by atoms with E-state index in [0.717, 1.165) is 24.8 Å². The van der Waals surface area contributed by atoms with E-state index in [1.807, 2.05) is 25.1 Å². The van der Waals surface area contributed by atoms with Gasteiger partial charge in [-0.2, -0.15) is 4.31 Å². The third-order valence-electron chi connectivity index (χ3n) is 5.04. The molecule has 0 bridgehead atoms. The number of anilines is 1. The summed E-state index contributed by atoms with van der Waals surface area (Å²) in [5, 5.41) is 2.74. The molecule has 1 N–H and O–H groups in total. The molecule has 8 heteroatoms. The van der Waals surface area contributed by atoms with Gasteiger partial charge in [-0.15, -0.1) is 0 Å². The van der Waals surface area contributed by atoms with Crippen LogP contribution in [-0.4, -0.2) is 44.9 Å². The second kappa shape index (κ2) is 9.49. The van der Waals surface area contributed by atoms with Crippen LogP contribution >= 0.6 is 0 Å². The van der Waals surface area contributed by atoms with Gasteiger partial charge in [0.2, 0.25) is 10.0 Å². The summed E-state index contributed by atoms with van der Waals surface area (Å²) < 4.78 is 38.7. The summed E-state index contributed by atoms with van der Waals surface area (Å²) in [5.41, 5.74) is 1.40. The van der Waals surface area contributed by atoms with Crippen molar-refractivity contribution in [3.05, 3.63) is 48.0 Å². The lowest BCUT2D eigenvalue weighted by molar-refractivity contribution is -0.122. The van der Waals surface area contributed by atoms with E-state index in [2.05, 4.69) is 5.32 Å². The highest BCUT2D eigenvalue weighted by Gasteiger charge is 2.29. The van der Waals surface area contributed by atoms with E-state index in [1.165, 1.54) is 17.5 Å². The molecule has 0 aliphatic carbocycles. The molecule has 0 aromatic heterocycles. The number of piperidine rings is 1. The van der Waals surface area contributed by atoms with Crippen LogP contribution in [0.4, 0.5) is 5.69 Å². The molecule has 7 nitrogen and oxygen atoms in total. The maximum atomic E-state index is 13.1. The van der Waals surface area contributed by atoms with Crippen molar-refractivity contribution in [3.63, 3.8) is 0 Å². The van der Waals surface area contributed by atoms with Gasteiger partial charge in [0.1, 0.15) is 16.4 Å². The topological polar surface area (TPSA) is 84.9 Å². The van der Waals surface area contributed by atoms with Gasteiger partial charge >= 0.3 is 0 Å². The van der Waals surface area contributed by atoms with Gasteiger partial charge in [0.25, 0.3) is 5.91 Å². The van der Waals surface area contributed by atoms with Crippen molar-refractivity contribution in [1.82, 2.24) is 4.31 Å². The van der Waals surface area contributed by atoms with E-state index >= 15 is 0 Å². The van der Waals surface area contributed by atoms with Crippen LogP contribution in [0.5, 0.6) is 11.5 Å². The zero-order chi connectivity index (χ0) is 21.7. The Bertz CT molecular complexity index is 1000. The number of carbonyl (C=O) groups excluding carboxylic acids is 1. The average Bonchev–Trinajstić information content (AvgIpc) is 2.74. The van der Waals surface area contributed by atoms with Crippen molar-refractivity contribution in [2.24, 2.45) is 0 Å². The molecule has 1 aliphatic rings. The van der Waals surface area contributed by atoms with Crippen molar-refractivity contribution < 1.29 is 22.7 Å². The maximum Gasteiger partial charge on any atom is 0.265 e. The number of ether oxygens (including phenoxy) is 2. The summed E-state index contributed by atoms with van der Waals surface area (Å²) in [5.74, 6) is 0.478. The lowest BCUT2D eigenvalue weighted by Gasteiger charge is -2.26. The number of nitrogens with one attached hydrogen (secondary N) is 1. The van der Waals surface area contributed by atoms with Crippen molar-refractivity contribution in [2.45, 2.75) is 44.1 Å². The fraction of sp³-hybridized carbons (Fsp3) is 0.409. The summed E-state index contributed by atoms with van der Waals surface area (Å²) in [6.07, 6.45) is 1.95. The molecule has 0 radical (unpaired) electrons. The number of amides is 1. The van der Waals surface area contributed by atoms with Gasteiger partial charge in [-0.3, -0.25) is 4.79 Å². The van der Waals surface area contributed by atoms with Crippen molar-refractivity contribution >= 4 is 21.6 Å². The minimum atomic E-state index is -3.71. The first-order valence-electron chi connectivity index (χ1n) is 10.0. The highest BCUT2D eigenvalue weighted by Crippen LogP contribution is 2.31. The van der Waals surface area contributed by atoms with Crippen LogP contribution in [0.15, 0.2) is 47.4 Å². The predicted octanol–water partition coefficient (Wildman–Crippen LogP) is 3.58. The Hall–Kier alpha value is -2.58. The number of benzene rings is 2. The van der Waals surface area contributed by atoms with E-state index in [0.29, 0.717) is 24.5 Å². The standard InChI is InChI=1S/C22H28N2O5S/c1-16-8-7-9-19(14-16)29-17(2)22(25)23-18-10-11-20(28-3)21(15-18)30(26,27)24-12-5-4-6-13-24/h7-11,14-15,17H,4-6,12-13H2,1-3H3,(H,23,25). The largest absolute Gasteiger partial charge is 0.495 e. The Morgan fingerprint density at radius 2 is 1.83 bits per heavy atom. The molecule has 0 spiro atoms. The minimum Gasteiger partial charge on any atom is -0.495 e. The SMILES string of the molecule is COc1ccc(NC(=O)C(C)Oc2cccc(C)c2)cc1S(=O)(=O)N1CCCCC1. The normalized spacial score (nSPS) is 16.0. The molecule has 3 rings (SSSR count). The van der Waals surface area contributed by atoms with Gasteiger partial charge in [-0.25, -0.2) is 8.42 Å². The highest BCUT2D eigenvalue weighted by atomic mass is 32.2. The van der Waals surface area contributed by atoms with Gasteiger partial charge < -0.3 is 14.8 Å². The molecule has 30 heavy (non-hydrogen) atoms. The summed E-state index contributed by atoms with van der Waals surface area (Å²) in [4.78, 5) is 12.6. The molecule has 162 valence electrons. The lowest BCUT2D eigenvalue weighted by atomic mass is 10.2. The molecule has 1 heterocycles. The Morgan fingerprint density at radius 1 is 1.10 bits per heavy atom. The van der Waals surface area contributed by atoms with Crippen LogP contribution in [0.2, 0.25) is 0 Å². The first-order chi connectivity index (χ1) is 14.3. The monoisotopic (exact) mass is 432 g/mol. The Balaban J connectivity index is 1.78. The first kappa shape index (κ1) is 22.1. The third kappa shape index (κ3) is 5.12. The summed E-state index contributed by atoms with van der Waals surface area (Å²) in [6, 6.07) is 12.0. The third-order valence-corrected chi connectivity index (χ3v) is 6.96. The fourth-order valence-corrected chi connectivity index (χ4v) is 5.09. The summed E-state index contributed by atoms with van der Waals surface area (Å²) >= 11 is 0. The second-order valence-corrected chi connectivity index (χ2v) is 9.30. The smallest absolute Gasteiger partial charge is 0.265 e. The molecule has 1 amide bonds. The number of methoxy groups -OCH3 is 1. The zero-order valence-corrected chi connectivity index (χ0v) is 18.4. The number of hydrogen-bond acceptors (Lipinski definition) is 5. The fourth-order valence-electron chi connectivity index (χ4n) is 3.39. The van der Waals surface area contributed by atoms with Crippen LogP contribution in [0.25, 0.3) is 0 Å². The van der Waals surface area contributed by atoms with Crippen LogP contribution < -0.4 is 14.8 Å². The quantitative estimate of drug-likeness (QED) is 0.723. The second-order valence-electron chi connectivity index (χ2n) is 7.40.